The van der Waals surface area contributed by atoms with Crippen LogP contribution in [-0.4, -0.2) is 45.0 Å². The predicted molar refractivity (Wildman–Crippen MR) is 116 cm³/mol. The lowest BCUT2D eigenvalue weighted by Crippen LogP contribution is -2.22. The van der Waals surface area contributed by atoms with Crippen LogP contribution >= 0.6 is 12.2 Å². The van der Waals surface area contributed by atoms with Crippen molar-refractivity contribution in [3.05, 3.63) is 53.1 Å². The van der Waals surface area contributed by atoms with E-state index in [1.54, 1.807) is 19.5 Å². The second-order valence-corrected chi connectivity index (χ2v) is 7.02. The number of ether oxygens (including phenoxy) is 2. The lowest BCUT2D eigenvalue weighted by atomic mass is 10.2. The van der Waals surface area contributed by atoms with Gasteiger partial charge in [-0.2, -0.15) is 5.10 Å². The van der Waals surface area contributed by atoms with Gasteiger partial charge < -0.3 is 14.0 Å². The van der Waals surface area contributed by atoms with Gasteiger partial charge >= 0.3 is 0 Å². The van der Waals surface area contributed by atoms with Crippen molar-refractivity contribution < 1.29 is 9.47 Å². The summed E-state index contributed by atoms with van der Waals surface area (Å²) in [4.78, 5) is 6.25. The molecule has 2 heterocycles. The maximum atomic E-state index is 5.67. The summed E-state index contributed by atoms with van der Waals surface area (Å²) in [5.41, 5.74) is 2.13. The number of nitrogens with zero attached hydrogens (tertiary/aromatic N) is 5. The van der Waals surface area contributed by atoms with E-state index in [0.717, 1.165) is 41.5 Å². The van der Waals surface area contributed by atoms with Crippen LogP contribution in [0.25, 0.3) is 11.4 Å². The molecule has 0 radical (unpaired) electrons. The quantitative estimate of drug-likeness (QED) is 0.495. The van der Waals surface area contributed by atoms with E-state index in [0.29, 0.717) is 18.0 Å². The third kappa shape index (κ3) is 4.83. The molecule has 8 heteroatoms. The lowest BCUT2D eigenvalue weighted by Gasteiger charge is -2.18. The van der Waals surface area contributed by atoms with Crippen LogP contribution in [0.5, 0.6) is 11.5 Å². The standard InChI is InChI=1S/C21H27N5O2S/c1-5-25-20(17-9-11-22-12-10-17)23-26(21(25)29)15-24(3)14-16-7-8-18(28-6-2)19(13-16)27-4/h7-13H,5-6,14-15H2,1-4H3. The van der Waals surface area contributed by atoms with Gasteiger partial charge in [-0.05, 0) is 62.9 Å². The van der Waals surface area contributed by atoms with Gasteiger partial charge in [0.25, 0.3) is 0 Å². The van der Waals surface area contributed by atoms with E-state index >= 15 is 0 Å². The number of benzene rings is 1. The zero-order valence-electron chi connectivity index (χ0n) is 17.3. The van der Waals surface area contributed by atoms with Gasteiger partial charge in [0, 0.05) is 31.0 Å². The van der Waals surface area contributed by atoms with Crippen LogP contribution in [0, 0.1) is 4.77 Å². The molecule has 7 nitrogen and oxygen atoms in total. The first-order valence-corrected chi connectivity index (χ1v) is 10.0. The highest BCUT2D eigenvalue weighted by Crippen LogP contribution is 2.28. The highest BCUT2D eigenvalue weighted by atomic mass is 32.1. The molecule has 0 aliphatic carbocycles. The van der Waals surface area contributed by atoms with E-state index in [-0.39, 0.29) is 0 Å². The average molecular weight is 414 g/mol. The van der Waals surface area contributed by atoms with E-state index in [1.165, 1.54) is 0 Å². The van der Waals surface area contributed by atoms with Crippen molar-refractivity contribution in [1.82, 2.24) is 24.2 Å². The van der Waals surface area contributed by atoms with Gasteiger partial charge in [0.2, 0.25) is 0 Å². The Kier molecular flexibility index (Phi) is 7.00. The van der Waals surface area contributed by atoms with Crippen LogP contribution in [0.4, 0.5) is 0 Å². The van der Waals surface area contributed by atoms with Gasteiger partial charge in [0.1, 0.15) is 0 Å². The van der Waals surface area contributed by atoms with Gasteiger partial charge in [-0.1, -0.05) is 6.07 Å². The molecule has 29 heavy (non-hydrogen) atoms. The summed E-state index contributed by atoms with van der Waals surface area (Å²) in [5.74, 6) is 2.35. The van der Waals surface area contributed by atoms with Gasteiger partial charge in [-0.3, -0.25) is 9.88 Å². The molecular weight excluding hydrogens is 386 g/mol. The van der Waals surface area contributed by atoms with Crippen molar-refractivity contribution in [1.29, 1.82) is 0 Å². The lowest BCUT2D eigenvalue weighted by molar-refractivity contribution is 0.243. The molecule has 0 saturated carbocycles. The minimum atomic E-state index is 0.583. The molecule has 0 amide bonds. The molecule has 0 saturated heterocycles. The number of methoxy groups -OCH3 is 1. The largest absolute Gasteiger partial charge is 0.493 e. The molecule has 0 fully saturated rings. The Morgan fingerprint density at radius 2 is 1.86 bits per heavy atom. The zero-order valence-corrected chi connectivity index (χ0v) is 18.1. The minimum absolute atomic E-state index is 0.583. The molecule has 154 valence electrons. The predicted octanol–water partition coefficient (Wildman–Crippen LogP) is 3.99. The summed E-state index contributed by atoms with van der Waals surface area (Å²) in [6, 6.07) is 9.90. The molecule has 1 aromatic carbocycles. The molecule has 0 aliphatic rings. The average Bonchev–Trinajstić information content (AvgIpc) is 3.05. The van der Waals surface area contributed by atoms with Gasteiger partial charge in [-0.15, -0.1) is 0 Å². The van der Waals surface area contributed by atoms with Crippen LogP contribution in [-0.2, 0) is 19.8 Å². The van der Waals surface area contributed by atoms with Gasteiger partial charge in [0.05, 0.1) is 20.4 Å². The van der Waals surface area contributed by atoms with E-state index in [4.69, 9.17) is 26.8 Å². The maximum absolute atomic E-state index is 5.67. The van der Waals surface area contributed by atoms with Gasteiger partial charge in [0.15, 0.2) is 22.1 Å². The Labute approximate surface area is 176 Å². The summed E-state index contributed by atoms with van der Waals surface area (Å²) in [6.45, 7) is 6.71. The Bertz CT molecular complexity index is 1000. The monoisotopic (exact) mass is 413 g/mol. The molecule has 0 N–H and O–H groups in total. The van der Waals surface area contributed by atoms with E-state index in [2.05, 4.69) is 22.9 Å². The third-order valence-electron chi connectivity index (χ3n) is 4.53. The Balaban J connectivity index is 1.78. The number of hydrogen-bond donors (Lipinski definition) is 0. The molecule has 0 bridgehead atoms. The molecule has 0 spiro atoms. The second kappa shape index (κ2) is 9.67. The first-order valence-electron chi connectivity index (χ1n) is 9.63. The summed E-state index contributed by atoms with van der Waals surface area (Å²) >= 11 is 5.67. The van der Waals surface area contributed by atoms with Gasteiger partial charge in [-0.25, -0.2) is 4.68 Å². The number of pyridine rings is 1. The zero-order chi connectivity index (χ0) is 20.8. The summed E-state index contributed by atoms with van der Waals surface area (Å²) < 4.78 is 15.7. The van der Waals surface area contributed by atoms with E-state index in [9.17, 15) is 0 Å². The number of aromatic nitrogens is 4. The molecule has 3 aromatic rings. The Hall–Kier alpha value is -2.71. The Morgan fingerprint density at radius 3 is 2.52 bits per heavy atom. The second-order valence-electron chi connectivity index (χ2n) is 6.66. The number of rotatable bonds is 9. The summed E-state index contributed by atoms with van der Waals surface area (Å²) in [7, 11) is 3.70. The van der Waals surface area contributed by atoms with Crippen molar-refractivity contribution in [2.24, 2.45) is 0 Å². The van der Waals surface area contributed by atoms with Crippen LogP contribution in [0.15, 0.2) is 42.7 Å². The third-order valence-corrected chi connectivity index (χ3v) is 4.96. The fourth-order valence-electron chi connectivity index (χ4n) is 3.21. The molecule has 2 aromatic heterocycles. The molecule has 0 unspecified atom stereocenters. The topological polar surface area (TPSA) is 57.3 Å². The number of hydrogen-bond acceptors (Lipinski definition) is 6. The van der Waals surface area contributed by atoms with Crippen LogP contribution in [0.2, 0.25) is 0 Å². The first kappa shape index (κ1) is 21.0. The minimum Gasteiger partial charge on any atom is -0.493 e. The van der Waals surface area contributed by atoms with Crippen LogP contribution in [0.1, 0.15) is 19.4 Å². The van der Waals surface area contributed by atoms with Crippen molar-refractivity contribution in [3.8, 4) is 22.9 Å². The highest BCUT2D eigenvalue weighted by molar-refractivity contribution is 7.71. The van der Waals surface area contributed by atoms with Crippen molar-refractivity contribution in [2.45, 2.75) is 33.6 Å². The van der Waals surface area contributed by atoms with Crippen LogP contribution < -0.4 is 9.47 Å². The smallest absolute Gasteiger partial charge is 0.199 e. The first-order chi connectivity index (χ1) is 14.1. The SMILES string of the molecule is CCOc1ccc(CN(C)Cn2nc(-c3ccncc3)n(CC)c2=S)cc1OC. The molecular formula is C21H27N5O2S. The highest BCUT2D eigenvalue weighted by Gasteiger charge is 2.13. The van der Waals surface area contributed by atoms with E-state index < -0.39 is 0 Å². The summed E-state index contributed by atoms with van der Waals surface area (Å²) in [6.07, 6.45) is 3.53. The summed E-state index contributed by atoms with van der Waals surface area (Å²) in [5, 5.41) is 4.77. The normalized spacial score (nSPS) is 11.1. The van der Waals surface area contributed by atoms with Crippen molar-refractivity contribution in [3.63, 3.8) is 0 Å². The fraction of sp³-hybridized carbons (Fsp3) is 0.381. The van der Waals surface area contributed by atoms with Crippen LogP contribution in [0.3, 0.4) is 0 Å². The maximum Gasteiger partial charge on any atom is 0.199 e. The molecule has 0 atom stereocenters. The van der Waals surface area contributed by atoms with E-state index in [1.807, 2.05) is 47.5 Å². The van der Waals surface area contributed by atoms with Crippen molar-refractivity contribution >= 4 is 12.2 Å². The van der Waals surface area contributed by atoms with Crippen molar-refractivity contribution in [2.75, 3.05) is 20.8 Å². The fourth-order valence-corrected chi connectivity index (χ4v) is 3.52. The Morgan fingerprint density at radius 1 is 1.10 bits per heavy atom. The molecule has 3 rings (SSSR count). The molecule has 0 aliphatic heterocycles.